The number of piperazine rings is 1. The zero-order valence-corrected chi connectivity index (χ0v) is 18.4. The van der Waals surface area contributed by atoms with E-state index in [9.17, 15) is 18.9 Å². The second-order valence-electron chi connectivity index (χ2n) is 8.30. The van der Waals surface area contributed by atoms with Crippen molar-refractivity contribution in [3.8, 4) is 0 Å². The van der Waals surface area contributed by atoms with E-state index in [4.69, 9.17) is 9.83 Å². The summed E-state index contributed by atoms with van der Waals surface area (Å²) in [5, 5.41) is 12.9. The van der Waals surface area contributed by atoms with Crippen molar-refractivity contribution in [2.45, 2.75) is 0 Å². The SMILES string of the molecule is CN1CCN(/C=C2/CON3C(=N2)CN=C(c2ccc(F)cc2F)c2cc([N+](=O)[O-])ccc23)CC1. The van der Waals surface area contributed by atoms with Crippen LogP contribution in [-0.4, -0.2) is 72.6 Å². The molecule has 2 aromatic rings. The van der Waals surface area contributed by atoms with Crippen LogP contribution in [0.15, 0.2) is 58.3 Å². The number of aliphatic imine (C=N–C) groups is 2. The predicted molar refractivity (Wildman–Crippen MR) is 123 cm³/mol. The zero-order chi connectivity index (χ0) is 23.8. The van der Waals surface area contributed by atoms with Crippen LogP contribution in [0.1, 0.15) is 11.1 Å². The average molecular weight is 468 g/mol. The molecule has 0 saturated carbocycles. The van der Waals surface area contributed by atoms with E-state index in [1.807, 2.05) is 6.20 Å². The lowest BCUT2D eigenvalue weighted by Crippen LogP contribution is -2.42. The summed E-state index contributed by atoms with van der Waals surface area (Å²) in [6, 6.07) is 7.36. The molecule has 0 spiro atoms. The average Bonchev–Trinajstić information content (AvgIpc) is 2.97. The number of nitro groups is 1. The maximum Gasteiger partial charge on any atom is 0.270 e. The van der Waals surface area contributed by atoms with Gasteiger partial charge in [0.25, 0.3) is 5.69 Å². The molecule has 3 aliphatic heterocycles. The van der Waals surface area contributed by atoms with Crippen LogP contribution in [0.2, 0.25) is 0 Å². The third kappa shape index (κ3) is 4.27. The molecule has 0 amide bonds. The van der Waals surface area contributed by atoms with Gasteiger partial charge in [0.2, 0.25) is 0 Å². The molecule has 176 valence electrons. The first-order valence-electron chi connectivity index (χ1n) is 10.8. The maximum absolute atomic E-state index is 14.7. The second kappa shape index (κ2) is 8.92. The van der Waals surface area contributed by atoms with Crippen LogP contribution in [0.5, 0.6) is 0 Å². The highest BCUT2D eigenvalue weighted by molar-refractivity contribution is 6.20. The Hall–Kier alpha value is -3.70. The lowest BCUT2D eigenvalue weighted by molar-refractivity contribution is -0.384. The van der Waals surface area contributed by atoms with Gasteiger partial charge in [-0.05, 0) is 25.2 Å². The van der Waals surface area contributed by atoms with Gasteiger partial charge in [0.15, 0.2) is 5.84 Å². The maximum atomic E-state index is 14.7. The van der Waals surface area contributed by atoms with Crippen molar-refractivity contribution in [3.05, 3.63) is 81.2 Å². The van der Waals surface area contributed by atoms with Crippen LogP contribution in [-0.2, 0) is 4.84 Å². The summed E-state index contributed by atoms with van der Waals surface area (Å²) in [6.45, 7) is 3.92. The summed E-state index contributed by atoms with van der Waals surface area (Å²) >= 11 is 0. The molecule has 0 atom stereocenters. The van der Waals surface area contributed by atoms with Gasteiger partial charge in [-0.2, -0.15) is 0 Å². The Morgan fingerprint density at radius 3 is 2.62 bits per heavy atom. The highest BCUT2D eigenvalue weighted by Gasteiger charge is 2.30. The summed E-state index contributed by atoms with van der Waals surface area (Å²) in [5.74, 6) is -1.06. The van der Waals surface area contributed by atoms with Crippen LogP contribution >= 0.6 is 0 Å². The fourth-order valence-corrected chi connectivity index (χ4v) is 4.14. The third-order valence-electron chi connectivity index (χ3n) is 5.95. The smallest absolute Gasteiger partial charge is 0.270 e. The van der Waals surface area contributed by atoms with Gasteiger partial charge in [0.05, 0.1) is 22.0 Å². The molecule has 34 heavy (non-hydrogen) atoms. The molecule has 0 N–H and O–H groups in total. The molecule has 3 aliphatic rings. The molecule has 3 heterocycles. The fraction of sp³-hybridized carbons (Fsp3) is 0.304. The van der Waals surface area contributed by atoms with E-state index in [0.29, 0.717) is 17.1 Å². The Morgan fingerprint density at radius 1 is 1.09 bits per heavy atom. The number of rotatable bonds is 3. The number of anilines is 1. The van der Waals surface area contributed by atoms with E-state index in [-0.39, 0.29) is 30.1 Å². The lowest BCUT2D eigenvalue weighted by atomic mass is 9.99. The van der Waals surface area contributed by atoms with E-state index in [2.05, 4.69) is 21.8 Å². The van der Waals surface area contributed by atoms with Gasteiger partial charge in [-0.3, -0.25) is 19.9 Å². The van der Waals surface area contributed by atoms with Crippen LogP contribution in [0.25, 0.3) is 0 Å². The van der Waals surface area contributed by atoms with Gasteiger partial charge in [-0.25, -0.2) is 18.8 Å². The summed E-state index contributed by atoms with van der Waals surface area (Å²) in [4.78, 5) is 30.6. The largest absolute Gasteiger partial charge is 0.373 e. The quantitative estimate of drug-likeness (QED) is 0.509. The Balaban J connectivity index is 1.57. The molecule has 5 rings (SSSR count). The second-order valence-corrected chi connectivity index (χ2v) is 8.30. The molecule has 0 aliphatic carbocycles. The summed E-state index contributed by atoms with van der Waals surface area (Å²) < 4.78 is 28.2. The number of nitrogens with zero attached hydrogens (tertiary/aromatic N) is 6. The number of fused-ring (bicyclic) bond motifs is 3. The molecule has 9 nitrogen and oxygen atoms in total. The molecular weight excluding hydrogens is 446 g/mol. The van der Waals surface area contributed by atoms with Crippen molar-refractivity contribution in [2.75, 3.05) is 51.4 Å². The summed E-state index contributed by atoms with van der Waals surface area (Å²) in [7, 11) is 2.08. The molecular formula is C23H22F2N6O3. The molecule has 1 fully saturated rings. The van der Waals surface area contributed by atoms with Crippen LogP contribution in [0.4, 0.5) is 20.2 Å². The van der Waals surface area contributed by atoms with Gasteiger partial charge >= 0.3 is 0 Å². The van der Waals surface area contributed by atoms with E-state index in [1.165, 1.54) is 29.3 Å². The molecule has 0 bridgehead atoms. The molecule has 0 unspecified atom stereocenters. The first-order chi connectivity index (χ1) is 16.4. The zero-order valence-electron chi connectivity index (χ0n) is 18.4. The molecule has 2 aromatic carbocycles. The van der Waals surface area contributed by atoms with Gasteiger partial charge in [-0.15, -0.1) is 0 Å². The first kappa shape index (κ1) is 22.1. The van der Waals surface area contributed by atoms with Gasteiger partial charge in [0, 0.05) is 61.7 Å². The molecule has 11 heteroatoms. The highest BCUT2D eigenvalue weighted by atomic mass is 19.1. The summed E-state index contributed by atoms with van der Waals surface area (Å²) in [6.07, 6.45) is 1.98. The number of nitro benzene ring substituents is 1. The Morgan fingerprint density at radius 2 is 1.88 bits per heavy atom. The van der Waals surface area contributed by atoms with E-state index >= 15 is 0 Å². The van der Waals surface area contributed by atoms with Crippen LogP contribution in [0.3, 0.4) is 0 Å². The molecule has 1 saturated heterocycles. The van der Waals surface area contributed by atoms with Crippen molar-refractivity contribution in [1.29, 1.82) is 0 Å². The number of hydroxylamine groups is 1. The number of hydrogen-bond acceptors (Lipinski definition) is 8. The van der Waals surface area contributed by atoms with Gasteiger partial charge in [0.1, 0.15) is 24.8 Å². The van der Waals surface area contributed by atoms with Gasteiger partial charge in [-0.1, -0.05) is 0 Å². The van der Waals surface area contributed by atoms with Crippen molar-refractivity contribution >= 4 is 22.9 Å². The normalized spacial score (nSPS) is 19.8. The minimum atomic E-state index is -0.811. The van der Waals surface area contributed by atoms with Crippen molar-refractivity contribution in [3.63, 3.8) is 0 Å². The predicted octanol–water partition coefficient (Wildman–Crippen LogP) is 2.96. The Labute approximate surface area is 194 Å². The highest BCUT2D eigenvalue weighted by Crippen LogP contribution is 2.33. The minimum Gasteiger partial charge on any atom is -0.373 e. The van der Waals surface area contributed by atoms with Crippen molar-refractivity contribution < 1.29 is 18.5 Å². The fourth-order valence-electron chi connectivity index (χ4n) is 4.14. The first-order valence-corrected chi connectivity index (χ1v) is 10.8. The molecule has 0 radical (unpaired) electrons. The monoisotopic (exact) mass is 468 g/mol. The van der Waals surface area contributed by atoms with Crippen molar-refractivity contribution in [1.82, 2.24) is 9.80 Å². The number of amidine groups is 1. The summed E-state index contributed by atoms with van der Waals surface area (Å²) in [5.41, 5.74) is 1.51. The minimum absolute atomic E-state index is 0.0387. The third-order valence-corrected chi connectivity index (χ3v) is 5.95. The van der Waals surface area contributed by atoms with Crippen LogP contribution < -0.4 is 5.06 Å². The molecule has 0 aromatic heterocycles. The standard InChI is InChI=1S/C23H22F2N6O3/c1-28-6-8-29(9-7-28)13-16-14-34-30-21-5-3-17(31(32)33)11-19(21)23(26-12-22(30)27-16)18-4-2-15(24)10-20(18)25/h2-5,10-11,13H,6-9,12,14H2,1H3/b16-13-. The number of halogens is 2. The Kier molecular flexibility index (Phi) is 5.80. The number of likely N-dealkylation sites (N-methyl/N-ethyl adjacent to an activating group) is 1. The van der Waals surface area contributed by atoms with E-state index < -0.39 is 16.6 Å². The number of non-ortho nitro benzene ring substituents is 1. The topological polar surface area (TPSA) is 86.8 Å². The van der Waals surface area contributed by atoms with E-state index in [0.717, 1.165) is 44.0 Å². The lowest BCUT2D eigenvalue weighted by Gasteiger charge is -2.33. The van der Waals surface area contributed by atoms with Crippen LogP contribution in [0, 0.1) is 21.7 Å². The Bertz CT molecular complexity index is 1240. The van der Waals surface area contributed by atoms with Crippen molar-refractivity contribution in [2.24, 2.45) is 9.98 Å². The van der Waals surface area contributed by atoms with E-state index in [1.54, 1.807) is 0 Å². The number of hydrogen-bond donors (Lipinski definition) is 0. The number of benzene rings is 2. The van der Waals surface area contributed by atoms with Gasteiger partial charge < -0.3 is 9.80 Å².